The number of pyridine rings is 1. The Morgan fingerprint density at radius 1 is 0.951 bits per heavy atom. The second kappa shape index (κ2) is 30.2. The highest BCUT2D eigenvalue weighted by Crippen LogP contribution is 2.34. The molecule has 1 aliphatic rings. The van der Waals surface area contributed by atoms with E-state index in [0.29, 0.717) is 52.9 Å². The van der Waals surface area contributed by atoms with Crippen LogP contribution >= 0.6 is 11.3 Å². The molecule has 0 radical (unpaired) electrons. The van der Waals surface area contributed by atoms with Crippen LogP contribution in [0.2, 0.25) is 0 Å². The van der Waals surface area contributed by atoms with E-state index in [4.69, 9.17) is 10.2 Å². The lowest BCUT2D eigenvalue weighted by Crippen LogP contribution is -2.13. The number of ketones is 1. The van der Waals surface area contributed by atoms with Crippen LogP contribution in [0.25, 0.3) is 0 Å². The van der Waals surface area contributed by atoms with Gasteiger partial charge in [-0.05, 0) is 162 Å². The quantitative estimate of drug-likeness (QED) is 0.0696. The summed E-state index contributed by atoms with van der Waals surface area (Å²) in [7, 11) is 0. The minimum absolute atomic E-state index is 0. The van der Waals surface area contributed by atoms with Crippen molar-refractivity contribution in [2.75, 3.05) is 0 Å². The van der Waals surface area contributed by atoms with E-state index >= 15 is 0 Å². The number of nitrogens with zero attached hydrogens (tertiary/aromatic N) is 3. The Morgan fingerprint density at radius 3 is 2.25 bits per heavy atom. The monoisotopic (exact) mass is 852 g/mol. The second-order valence-electron chi connectivity index (χ2n) is 17.5. The molecule has 0 amide bonds. The Labute approximate surface area is 377 Å². The zero-order valence-corrected chi connectivity index (χ0v) is 40.2. The summed E-state index contributed by atoms with van der Waals surface area (Å²) in [6, 6.07) is 19.2. The van der Waals surface area contributed by atoms with Crippen molar-refractivity contribution in [1.29, 1.82) is 5.26 Å². The minimum atomic E-state index is -0.289. The van der Waals surface area contributed by atoms with Crippen molar-refractivity contribution in [3.63, 3.8) is 0 Å². The van der Waals surface area contributed by atoms with E-state index in [1.54, 1.807) is 23.5 Å². The number of hydrogen-bond acceptors (Lipinski definition) is 5. The molecule has 2 heterocycles. The van der Waals surface area contributed by atoms with Crippen LogP contribution < -0.4 is 0 Å². The van der Waals surface area contributed by atoms with Gasteiger partial charge < -0.3 is 0 Å². The summed E-state index contributed by atoms with van der Waals surface area (Å²) in [5, 5.41) is 8.98. The average molecular weight is 852 g/mol. The van der Waals surface area contributed by atoms with Gasteiger partial charge in [0.25, 0.3) is 0 Å². The van der Waals surface area contributed by atoms with Crippen LogP contribution in [-0.4, -0.2) is 15.8 Å². The highest BCUT2D eigenvalue weighted by Gasteiger charge is 2.30. The van der Waals surface area contributed by atoms with Crippen LogP contribution in [0, 0.1) is 60.6 Å². The highest BCUT2D eigenvalue weighted by atomic mass is 32.1. The first kappa shape index (κ1) is 55.1. The molecule has 4 nitrogen and oxygen atoms in total. The third-order valence-electron chi connectivity index (χ3n) is 11.4. The topological polar surface area (TPSA) is 66.6 Å². The summed E-state index contributed by atoms with van der Waals surface area (Å²) in [6.07, 6.45) is 17.6. The number of carbonyl (C=O) groups is 1. The molecule has 0 bridgehead atoms. The van der Waals surface area contributed by atoms with Gasteiger partial charge in [-0.2, -0.15) is 5.26 Å². The molecule has 0 N–H and O–H groups in total. The molecule has 5 rings (SSSR count). The summed E-state index contributed by atoms with van der Waals surface area (Å²) in [5.41, 5.74) is 10.1. The second-order valence-corrected chi connectivity index (χ2v) is 18.5. The van der Waals surface area contributed by atoms with Gasteiger partial charge in [-0.1, -0.05) is 112 Å². The van der Waals surface area contributed by atoms with Gasteiger partial charge in [0.15, 0.2) is 5.78 Å². The molecule has 4 aromatic rings. The first-order valence-electron chi connectivity index (χ1n) is 23.0. The summed E-state index contributed by atoms with van der Waals surface area (Å²) < 4.78 is 14.4. The molecule has 1 aliphatic carbocycles. The Hall–Kier alpha value is -3.95. The number of halogens is 1. The number of Topliss-reactive ketones (excluding diaryl/α,β-unsaturated/α-hetero) is 1. The maximum absolute atomic E-state index is 14.4. The molecule has 4 atom stereocenters. The summed E-state index contributed by atoms with van der Waals surface area (Å²) in [5.74, 6) is 3.12. The third kappa shape index (κ3) is 21.1. The molecule has 1 saturated carbocycles. The van der Waals surface area contributed by atoms with Gasteiger partial charge >= 0.3 is 0 Å². The summed E-state index contributed by atoms with van der Waals surface area (Å²) in [6.45, 7) is 26.4. The first-order chi connectivity index (χ1) is 28.7. The van der Waals surface area contributed by atoms with E-state index in [9.17, 15) is 9.18 Å². The number of carbonyl (C=O) groups excluding carboxylic acids is 1. The van der Waals surface area contributed by atoms with Crippen LogP contribution in [0.4, 0.5) is 4.39 Å². The predicted octanol–water partition coefficient (Wildman–Crippen LogP) is 16.5. The molecule has 4 unspecified atom stereocenters. The van der Waals surface area contributed by atoms with E-state index < -0.39 is 0 Å². The zero-order chi connectivity index (χ0) is 44.6. The number of thiazole rings is 1. The average Bonchev–Trinajstić information content (AvgIpc) is 3.95. The minimum Gasteiger partial charge on any atom is -0.294 e. The van der Waals surface area contributed by atoms with E-state index in [-0.39, 0.29) is 19.2 Å². The van der Waals surface area contributed by atoms with Gasteiger partial charge in [-0.15, -0.1) is 11.3 Å². The molecule has 0 spiro atoms. The molecule has 336 valence electrons. The Balaban J connectivity index is 0.000000598. The van der Waals surface area contributed by atoms with Crippen LogP contribution in [0.15, 0.2) is 78.0 Å². The lowest BCUT2D eigenvalue weighted by molar-refractivity contribution is 0.0967. The Kier molecular flexibility index (Phi) is 27.2. The van der Waals surface area contributed by atoms with Crippen molar-refractivity contribution in [3.8, 4) is 6.07 Å². The smallest absolute Gasteiger partial charge is 0.165 e. The lowest BCUT2D eigenvalue weighted by Gasteiger charge is -2.25. The van der Waals surface area contributed by atoms with Crippen LogP contribution in [-0.2, 0) is 19.3 Å². The van der Waals surface area contributed by atoms with Crippen LogP contribution in [0.3, 0.4) is 0 Å². The molecule has 1 fully saturated rings. The number of unbranched alkanes of at least 4 members (excludes halogenated alkanes) is 1. The van der Waals surface area contributed by atoms with Crippen molar-refractivity contribution in [2.45, 2.75) is 173 Å². The lowest BCUT2D eigenvalue weighted by atomic mass is 9.82. The van der Waals surface area contributed by atoms with Crippen LogP contribution in [0.5, 0.6) is 0 Å². The number of benzene rings is 2. The molecular weight excluding hydrogens is 770 g/mol. The van der Waals surface area contributed by atoms with Gasteiger partial charge in [-0.25, -0.2) is 4.39 Å². The SMILES string of the molecule is C.CC.CC/C=C(\C)CC(C)C(C)CCC(CC(C)C)c1cccc(CC(C)Cc2ccc(C#N)cc2F)n1.CCCCc1cncs1.Cc1ccc(C(=O)C2CC2)cc1C. The van der Waals surface area contributed by atoms with E-state index in [2.05, 4.69) is 98.5 Å². The van der Waals surface area contributed by atoms with Crippen molar-refractivity contribution in [2.24, 2.45) is 29.6 Å². The molecule has 2 aromatic carbocycles. The standard InChI is InChI=1S/C33H47FN2.C12H14O.C7H11NS.C2H6.CH4/c1-8-10-24(4)18-27(7)26(6)13-15-30(17-23(2)3)33-12-9-11-31(36-33)20-25(5)19-29-16-14-28(22-35)21-32(29)34;1-8-3-4-11(7-9(8)2)12(13)10-5-6-10;1-2-3-4-7-5-8-6-9-7;1-2;/h9-12,14,16,21,23,25-27,30H,8,13,15,17-20H2,1-7H3;3-4,7,10H,5-6H2,1-2H3;5-6H,2-4H2,1H3;1-2H3;1H4/b24-10+;;;;. The summed E-state index contributed by atoms with van der Waals surface area (Å²) >= 11 is 1.75. The van der Waals surface area contributed by atoms with Crippen LogP contribution in [0.1, 0.15) is 189 Å². The Bertz CT molecular complexity index is 1890. The number of aromatic nitrogens is 2. The van der Waals surface area contributed by atoms with Gasteiger partial charge in [0.2, 0.25) is 0 Å². The number of aryl methyl sites for hydroxylation is 3. The van der Waals surface area contributed by atoms with E-state index in [1.807, 2.05) is 49.8 Å². The molecule has 2 aromatic heterocycles. The molecule has 61 heavy (non-hydrogen) atoms. The van der Waals surface area contributed by atoms with Crippen molar-refractivity contribution in [3.05, 3.63) is 128 Å². The van der Waals surface area contributed by atoms with Crippen molar-refractivity contribution in [1.82, 2.24) is 9.97 Å². The number of nitriles is 1. The normalized spacial score (nSPS) is 14.0. The third-order valence-corrected chi connectivity index (χ3v) is 12.3. The largest absolute Gasteiger partial charge is 0.294 e. The van der Waals surface area contributed by atoms with Gasteiger partial charge in [0.1, 0.15) is 5.82 Å². The van der Waals surface area contributed by atoms with Gasteiger partial charge in [-0.3, -0.25) is 14.8 Å². The fourth-order valence-electron chi connectivity index (χ4n) is 7.46. The zero-order valence-electron chi connectivity index (χ0n) is 39.4. The molecular formula is C55H82FN3OS. The van der Waals surface area contributed by atoms with Crippen molar-refractivity contribution >= 4 is 17.1 Å². The maximum Gasteiger partial charge on any atom is 0.165 e. The first-order valence-corrected chi connectivity index (χ1v) is 23.9. The fourth-order valence-corrected chi connectivity index (χ4v) is 8.10. The van der Waals surface area contributed by atoms with Crippen molar-refractivity contribution < 1.29 is 9.18 Å². The summed E-state index contributed by atoms with van der Waals surface area (Å²) in [4.78, 5) is 22.2. The predicted molar refractivity (Wildman–Crippen MR) is 262 cm³/mol. The van der Waals surface area contributed by atoms with Gasteiger partial charge in [0, 0.05) is 39.9 Å². The van der Waals surface area contributed by atoms with E-state index in [0.717, 1.165) is 43.4 Å². The van der Waals surface area contributed by atoms with E-state index in [1.165, 1.54) is 71.9 Å². The maximum atomic E-state index is 14.4. The fraction of sp³-hybridized carbons (Fsp3) is 0.564. The number of allylic oxidation sites excluding steroid dienone is 2. The molecule has 0 aliphatic heterocycles. The molecule has 6 heteroatoms. The molecule has 0 saturated heterocycles. The van der Waals surface area contributed by atoms with Gasteiger partial charge in [0.05, 0.1) is 17.1 Å². The number of rotatable bonds is 19. The highest BCUT2D eigenvalue weighted by molar-refractivity contribution is 7.09. The number of hydrogen-bond donors (Lipinski definition) is 0. The Morgan fingerprint density at radius 2 is 1.67 bits per heavy atom.